The van der Waals surface area contributed by atoms with E-state index in [1.165, 1.54) is 24.0 Å². The lowest BCUT2D eigenvalue weighted by atomic mass is 10.1. The van der Waals surface area contributed by atoms with Crippen LogP contribution in [-0.4, -0.2) is 36.4 Å². The van der Waals surface area contributed by atoms with E-state index in [2.05, 4.69) is 23.1 Å². The molecule has 0 radical (unpaired) electrons. The van der Waals surface area contributed by atoms with Crippen molar-refractivity contribution in [3.8, 4) is 5.75 Å². The molecule has 0 aliphatic carbocycles. The molecule has 0 N–H and O–H groups in total. The quantitative estimate of drug-likeness (QED) is 0.826. The highest BCUT2D eigenvalue weighted by Gasteiger charge is 2.25. The van der Waals surface area contributed by atoms with Crippen molar-refractivity contribution < 1.29 is 9.53 Å². The van der Waals surface area contributed by atoms with Crippen molar-refractivity contribution in [2.24, 2.45) is 0 Å². The average molecular weight is 273 g/mol. The number of likely N-dealkylation sites (tertiary alicyclic amines) is 1. The molecule has 1 aromatic carbocycles. The predicted molar refractivity (Wildman–Crippen MR) is 79.2 cm³/mol. The van der Waals surface area contributed by atoms with Gasteiger partial charge >= 0.3 is 0 Å². The molecule has 0 aromatic heterocycles. The molecule has 3 heteroatoms. The van der Waals surface area contributed by atoms with Crippen molar-refractivity contribution in [2.45, 2.75) is 45.1 Å². The Morgan fingerprint density at radius 3 is 3.20 bits per heavy atom. The molecule has 1 unspecified atom stereocenters. The molecule has 0 spiro atoms. The fraction of sp³-hybridized carbons (Fsp3) is 0.588. The van der Waals surface area contributed by atoms with Gasteiger partial charge in [-0.25, -0.2) is 0 Å². The lowest BCUT2D eigenvalue weighted by Crippen LogP contribution is -2.32. The number of ether oxygens (including phenoxy) is 1. The number of fused-ring (bicyclic) bond motifs is 1. The highest BCUT2D eigenvalue weighted by molar-refractivity contribution is 5.76. The van der Waals surface area contributed by atoms with Gasteiger partial charge in [-0.2, -0.15) is 0 Å². The van der Waals surface area contributed by atoms with E-state index >= 15 is 0 Å². The van der Waals surface area contributed by atoms with Gasteiger partial charge in [0.05, 0.1) is 6.61 Å². The molecule has 1 fully saturated rings. The minimum atomic E-state index is 0.316. The van der Waals surface area contributed by atoms with Gasteiger partial charge in [-0.15, -0.1) is 0 Å². The Bertz CT molecular complexity index is 498. The van der Waals surface area contributed by atoms with E-state index in [-0.39, 0.29) is 0 Å². The number of ketones is 1. The smallest absolute Gasteiger partial charge is 0.131 e. The molecule has 1 atom stereocenters. The number of rotatable bonds is 5. The summed E-state index contributed by atoms with van der Waals surface area (Å²) in [5, 5.41) is 0. The zero-order valence-electron chi connectivity index (χ0n) is 12.2. The SMILES string of the molecule is CC(=O)CC1CCCN1CCc1ccc2c(c1)CCO2. The normalized spacial score (nSPS) is 21.8. The van der Waals surface area contributed by atoms with Gasteiger partial charge in [-0.05, 0) is 49.9 Å². The number of hydrogen-bond donors (Lipinski definition) is 0. The number of hydrogen-bond acceptors (Lipinski definition) is 3. The van der Waals surface area contributed by atoms with Crippen LogP contribution in [0.3, 0.4) is 0 Å². The summed E-state index contributed by atoms with van der Waals surface area (Å²) in [5.41, 5.74) is 2.74. The maximum absolute atomic E-state index is 11.3. The lowest BCUT2D eigenvalue weighted by molar-refractivity contribution is -0.118. The largest absolute Gasteiger partial charge is 0.493 e. The molecule has 0 bridgehead atoms. The van der Waals surface area contributed by atoms with E-state index in [4.69, 9.17) is 4.74 Å². The number of carbonyl (C=O) groups is 1. The van der Waals surface area contributed by atoms with Crippen molar-refractivity contribution >= 4 is 5.78 Å². The summed E-state index contributed by atoms with van der Waals surface area (Å²) >= 11 is 0. The molecular weight excluding hydrogens is 250 g/mol. The summed E-state index contributed by atoms with van der Waals surface area (Å²) < 4.78 is 5.54. The van der Waals surface area contributed by atoms with Crippen molar-refractivity contribution in [2.75, 3.05) is 19.7 Å². The van der Waals surface area contributed by atoms with Crippen LogP contribution in [0.15, 0.2) is 18.2 Å². The summed E-state index contributed by atoms with van der Waals surface area (Å²) in [6, 6.07) is 7.05. The average Bonchev–Trinajstić information content (AvgIpc) is 3.03. The molecule has 3 nitrogen and oxygen atoms in total. The summed E-state index contributed by atoms with van der Waals surface area (Å²) in [6.07, 6.45) is 5.24. The van der Waals surface area contributed by atoms with Crippen LogP contribution in [0.5, 0.6) is 5.75 Å². The van der Waals surface area contributed by atoms with E-state index in [1.807, 2.05) is 0 Å². The minimum absolute atomic E-state index is 0.316. The molecular formula is C17H23NO2. The lowest BCUT2D eigenvalue weighted by Gasteiger charge is -2.23. The van der Waals surface area contributed by atoms with Crippen LogP contribution in [-0.2, 0) is 17.6 Å². The van der Waals surface area contributed by atoms with Gasteiger partial charge in [0.1, 0.15) is 11.5 Å². The van der Waals surface area contributed by atoms with Crippen LogP contribution in [0.25, 0.3) is 0 Å². The Balaban J connectivity index is 1.57. The molecule has 108 valence electrons. The van der Waals surface area contributed by atoms with Crippen LogP contribution < -0.4 is 4.74 Å². The van der Waals surface area contributed by atoms with Gasteiger partial charge in [0, 0.05) is 25.4 Å². The molecule has 0 amide bonds. The van der Waals surface area contributed by atoms with Crippen LogP contribution in [0.1, 0.15) is 37.3 Å². The Kier molecular flexibility index (Phi) is 4.06. The summed E-state index contributed by atoms with van der Waals surface area (Å²) in [4.78, 5) is 13.8. The molecule has 2 heterocycles. The third-order valence-corrected chi connectivity index (χ3v) is 4.46. The van der Waals surface area contributed by atoms with E-state index in [1.54, 1.807) is 6.92 Å². The standard InChI is InChI=1S/C17H23NO2/c1-13(19)11-16-3-2-8-18(16)9-6-14-4-5-17-15(12-14)7-10-20-17/h4-5,12,16H,2-3,6-11H2,1H3. The molecule has 2 aliphatic rings. The highest BCUT2D eigenvalue weighted by atomic mass is 16.5. The van der Waals surface area contributed by atoms with Gasteiger partial charge in [0.2, 0.25) is 0 Å². The predicted octanol–water partition coefficient (Wildman–Crippen LogP) is 2.61. The third kappa shape index (κ3) is 3.04. The van der Waals surface area contributed by atoms with E-state index in [9.17, 15) is 4.79 Å². The maximum Gasteiger partial charge on any atom is 0.131 e. The summed E-state index contributed by atoms with van der Waals surface area (Å²) in [5.74, 6) is 1.38. The number of Topliss-reactive ketones (excluding diaryl/α,β-unsaturated/α-hetero) is 1. The number of benzene rings is 1. The second-order valence-corrected chi connectivity index (χ2v) is 6.03. The first-order valence-corrected chi connectivity index (χ1v) is 7.70. The fourth-order valence-electron chi connectivity index (χ4n) is 3.42. The zero-order valence-corrected chi connectivity index (χ0v) is 12.2. The van der Waals surface area contributed by atoms with Crippen molar-refractivity contribution in [1.82, 2.24) is 4.90 Å². The van der Waals surface area contributed by atoms with Crippen molar-refractivity contribution in [1.29, 1.82) is 0 Å². The first-order chi connectivity index (χ1) is 9.72. The summed E-state index contributed by atoms with van der Waals surface area (Å²) in [7, 11) is 0. The Morgan fingerprint density at radius 2 is 2.35 bits per heavy atom. The fourth-order valence-corrected chi connectivity index (χ4v) is 3.42. The first-order valence-electron chi connectivity index (χ1n) is 7.70. The van der Waals surface area contributed by atoms with Crippen molar-refractivity contribution in [3.63, 3.8) is 0 Å². The molecule has 1 saturated heterocycles. The van der Waals surface area contributed by atoms with E-state index < -0.39 is 0 Å². The molecule has 0 saturated carbocycles. The molecule has 3 rings (SSSR count). The van der Waals surface area contributed by atoms with E-state index in [0.717, 1.165) is 44.7 Å². The maximum atomic E-state index is 11.3. The third-order valence-electron chi connectivity index (χ3n) is 4.46. The second-order valence-electron chi connectivity index (χ2n) is 6.03. The van der Waals surface area contributed by atoms with Gasteiger partial charge in [-0.1, -0.05) is 12.1 Å². The Morgan fingerprint density at radius 1 is 1.45 bits per heavy atom. The van der Waals surface area contributed by atoms with Gasteiger partial charge in [0.15, 0.2) is 0 Å². The first kappa shape index (κ1) is 13.6. The minimum Gasteiger partial charge on any atom is -0.493 e. The topological polar surface area (TPSA) is 29.5 Å². The van der Waals surface area contributed by atoms with Crippen LogP contribution >= 0.6 is 0 Å². The van der Waals surface area contributed by atoms with E-state index in [0.29, 0.717) is 11.8 Å². The van der Waals surface area contributed by atoms with Crippen LogP contribution in [0.4, 0.5) is 0 Å². The highest BCUT2D eigenvalue weighted by Crippen LogP contribution is 2.26. The molecule has 2 aliphatic heterocycles. The number of carbonyl (C=O) groups excluding carboxylic acids is 1. The van der Waals surface area contributed by atoms with Crippen LogP contribution in [0.2, 0.25) is 0 Å². The van der Waals surface area contributed by atoms with Gasteiger partial charge < -0.3 is 4.74 Å². The molecule has 20 heavy (non-hydrogen) atoms. The van der Waals surface area contributed by atoms with Gasteiger partial charge in [-0.3, -0.25) is 9.69 Å². The number of nitrogens with zero attached hydrogens (tertiary/aromatic N) is 1. The molecule has 1 aromatic rings. The monoisotopic (exact) mass is 273 g/mol. The Labute approximate surface area is 120 Å². The zero-order chi connectivity index (χ0) is 13.9. The van der Waals surface area contributed by atoms with Crippen molar-refractivity contribution in [3.05, 3.63) is 29.3 Å². The Hall–Kier alpha value is -1.35. The summed E-state index contributed by atoms with van der Waals surface area (Å²) in [6.45, 7) is 4.74. The van der Waals surface area contributed by atoms with Crippen LogP contribution in [0, 0.1) is 0 Å². The van der Waals surface area contributed by atoms with Gasteiger partial charge in [0.25, 0.3) is 0 Å². The second kappa shape index (κ2) is 5.96.